The summed E-state index contributed by atoms with van der Waals surface area (Å²) in [6.45, 7) is 5.48. The summed E-state index contributed by atoms with van der Waals surface area (Å²) in [6, 6.07) is 8.52. The quantitative estimate of drug-likeness (QED) is 0.843. The highest BCUT2D eigenvalue weighted by atomic mass is 19.1. The summed E-state index contributed by atoms with van der Waals surface area (Å²) in [5.74, 6) is 0.499. The van der Waals surface area contributed by atoms with E-state index in [-0.39, 0.29) is 11.9 Å². The molecular weight excluding hydrogens is 267 g/mol. The molecule has 0 bridgehead atoms. The average Bonchev–Trinajstić information content (AvgIpc) is 2.49. The molecule has 0 aliphatic carbocycles. The van der Waals surface area contributed by atoms with Crippen LogP contribution in [0.25, 0.3) is 0 Å². The third kappa shape index (κ3) is 4.26. The topological polar surface area (TPSA) is 34.2 Å². The molecule has 2 rings (SSSR count). The lowest BCUT2D eigenvalue weighted by Gasteiger charge is -2.20. The maximum atomic E-state index is 13.5. The minimum Gasteiger partial charge on any atom is -0.492 e. The Kier molecular flexibility index (Phi) is 5.69. The third-order valence-electron chi connectivity index (χ3n) is 3.16. The number of halogens is 1. The fraction of sp³-hybridized carbons (Fsp3) is 0.353. The van der Waals surface area contributed by atoms with Crippen molar-refractivity contribution in [3.63, 3.8) is 0 Å². The first kappa shape index (κ1) is 15.4. The Labute approximate surface area is 125 Å². The van der Waals surface area contributed by atoms with Gasteiger partial charge in [-0.05, 0) is 49.2 Å². The SMILES string of the molecule is CCCNC(c1cccc(F)c1)c1cncc(OCC)c1. The number of hydrogen-bond acceptors (Lipinski definition) is 3. The van der Waals surface area contributed by atoms with Gasteiger partial charge in [-0.25, -0.2) is 4.39 Å². The van der Waals surface area contributed by atoms with Crippen LogP contribution < -0.4 is 10.1 Å². The number of nitrogens with zero attached hydrogens (tertiary/aromatic N) is 1. The molecule has 4 heteroatoms. The van der Waals surface area contributed by atoms with E-state index in [1.165, 1.54) is 6.07 Å². The monoisotopic (exact) mass is 288 g/mol. The second-order valence-corrected chi connectivity index (χ2v) is 4.83. The first-order valence-electron chi connectivity index (χ1n) is 7.31. The van der Waals surface area contributed by atoms with Gasteiger partial charge in [0.1, 0.15) is 11.6 Å². The van der Waals surface area contributed by atoms with Gasteiger partial charge in [0.15, 0.2) is 0 Å². The van der Waals surface area contributed by atoms with Crippen LogP contribution in [-0.2, 0) is 0 Å². The van der Waals surface area contributed by atoms with Gasteiger partial charge in [-0.3, -0.25) is 4.98 Å². The summed E-state index contributed by atoms with van der Waals surface area (Å²) in [6.07, 6.45) is 4.49. The molecule has 0 fully saturated rings. The van der Waals surface area contributed by atoms with E-state index in [4.69, 9.17) is 4.74 Å². The van der Waals surface area contributed by atoms with Gasteiger partial charge < -0.3 is 10.1 Å². The maximum absolute atomic E-state index is 13.5. The van der Waals surface area contributed by atoms with Crippen molar-refractivity contribution < 1.29 is 9.13 Å². The molecule has 0 aliphatic rings. The van der Waals surface area contributed by atoms with Gasteiger partial charge in [-0.15, -0.1) is 0 Å². The molecule has 0 radical (unpaired) electrons. The van der Waals surface area contributed by atoms with E-state index in [2.05, 4.69) is 17.2 Å². The molecule has 1 aromatic carbocycles. The minimum atomic E-state index is -0.232. The molecule has 0 saturated carbocycles. The van der Waals surface area contributed by atoms with E-state index in [1.807, 2.05) is 19.1 Å². The van der Waals surface area contributed by atoms with Crippen molar-refractivity contribution in [2.24, 2.45) is 0 Å². The van der Waals surface area contributed by atoms with Crippen molar-refractivity contribution in [2.75, 3.05) is 13.2 Å². The van der Waals surface area contributed by atoms with Gasteiger partial charge >= 0.3 is 0 Å². The third-order valence-corrected chi connectivity index (χ3v) is 3.16. The Balaban J connectivity index is 2.33. The van der Waals surface area contributed by atoms with Gasteiger partial charge in [-0.2, -0.15) is 0 Å². The predicted molar refractivity (Wildman–Crippen MR) is 81.9 cm³/mol. The lowest BCUT2D eigenvalue weighted by atomic mass is 10.00. The molecule has 0 amide bonds. The van der Waals surface area contributed by atoms with Crippen molar-refractivity contribution in [1.29, 1.82) is 0 Å². The first-order valence-corrected chi connectivity index (χ1v) is 7.31. The van der Waals surface area contributed by atoms with E-state index in [0.29, 0.717) is 6.61 Å². The molecule has 1 N–H and O–H groups in total. The molecule has 3 nitrogen and oxygen atoms in total. The lowest BCUT2D eigenvalue weighted by molar-refractivity contribution is 0.338. The standard InChI is InChI=1S/C17H21FN2O/c1-3-8-20-17(13-6-5-7-15(18)9-13)14-10-16(21-4-2)12-19-11-14/h5-7,9-12,17,20H,3-4,8H2,1-2H3. The average molecular weight is 288 g/mol. The number of pyridine rings is 1. The van der Waals surface area contributed by atoms with Crippen LogP contribution in [0.3, 0.4) is 0 Å². The van der Waals surface area contributed by atoms with E-state index >= 15 is 0 Å². The fourth-order valence-electron chi connectivity index (χ4n) is 2.24. The predicted octanol–water partition coefficient (Wildman–Crippen LogP) is 3.71. The van der Waals surface area contributed by atoms with E-state index in [0.717, 1.165) is 29.8 Å². The normalized spacial score (nSPS) is 12.1. The second-order valence-electron chi connectivity index (χ2n) is 4.83. The molecule has 21 heavy (non-hydrogen) atoms. The zero-order chi connectivity index (χ0) is 15.1. The Morgan fingerprint density at radius 1 is 1.19 bits per heavy atom. The molecule has 0 aliphatic heterocycles. The van der Waals surface area contributed by atoms with Crippen LogP contribution >= 0.6 is 0 Å². The zero-order valence-corrected chi connectivity index (χ0v) is 12.5. The fourth-order valence-corrected chi connectivity index (χ4v) is 2.24. The zero-order valence-electron chi connectivity index (χ0n) is 12.5. The number of hydrogen-bond donors (Lipinski definition) is 1. The number of aromatic nitrogens is 1. The molecular formula is C17H21FN2O. The van der Waals surface area contributed by atoms with Crippen molar-refractivity contribution in [3.05, 3.63) is 59.7 Å². The first-order chi connectivity index (χ1) is 10.2. The van der Waals surface area contributed by atoms with Gasteiger partial charge in [-0.1, -0.05) is 19.1 Å². The van der Waals surface area contributed by atoms with E-state index in [9.17, 15) is 4.39 Å². The molecule has 2 aromatic rings. The molecule has 1 heterocycles. The molecule has 1 aromatic heterocycles. The lowest BCUT2D eigenvalue weighted by Crippen LogP contribution is -2.23. The number of ether oxygens (including phenoxy) is 1. The van der Waals surface area contributed by atoms with Crippen molar-refractivity contribution >= 4 is 0 Å². The Morgan fingerprint density at radius 2 is 2.05 bits per heavy atom. The Bertz CT molecular complexity index is 574. The van der Waals surface area contributed by atoms with E-state index < -0.39 is 0 Å². The summed E-state index contributed by atoms with van der Waals surface area (Å²) < 4.78 is 19.0. The summed E-state index contributed by atoms with van der Waals surface area (Å²) in [4.78, 5) is 4.22. The van der Waals surface area contributed by atoms with Crippen molar-refractivity contribution in [2.45, 2.75) is 26.3 Å². The highest BCUT2D eigenvalue weighted by Gasteiger charge is 2.15. The molecule has 1 unspecified atom stereocenters. The molecule has 112 valence electrons. The molecule has 0 saturated heterocycles. The van der Waals surface area contributed by atoms with Gasteiger partial charge in [0.2, 0.25) is 0 Å². The van der Waals surface area contributed by atoms with E-state index in [1.54, 1.807) is 24.5 Å². The highest BCUT2D eigenvalue weighted by Crippen LogP contribution is 2.25. The Morgan fingerprint density at radius 3 is 2.76 bits per heavy atom. The minimum absolute atomic E-state index is 0.0893. The van der Waals surface area contributed by atoms with Crippen molar-refractivity contribution in [1.82, 2.24) is 10.3 Å². The maximum Gasteiger partial charge on any atom is 0.137 e. The summed E-state index contributed by atoms with van der Waals surface area (Å²) in [7, 11) is 0. The van der Waals surface area contributed by atoms with Crippen molar-refractivity contribution in [3.8, 4) is 5.75 Å². The van der Waals surface area contributed by atoms with Gasteiger partial charge in [0, 0.05) is 6.20 Å². The molecule has 1 atom stereocenters. The smallest absolute Gasteiger partial charge is 0.137 e. The van der Waals surface area contributed by atoms with Crippen LogP contribution in [0.2, 0.25) is 0 Å². The summed E-state index contributed by atoms with van der Waals surface area (Å²) >= 11 is 0. The molecule has 0 spiro atoms. The number of rotatable bonds is 7. The van der Waals surface area contributed by atoms with Crippen LogP contribution in [0.5, 0.6) is 5.75 Å². The Hall–Kier alpha value is -1.94. The summed E-state index contributed by atoms with van der Waals surface area (Å²) in [5, 5.41) is 3.44. The van der Waals surface area contributed by atoms with Gasteiger partial charge in [0.05, 0.1) is 18.8 Å². The van der Waals surface area contributed by atoms with Crippen LogP contribution in [-0.4, -0.2) is 18.1 Å². The summed E-state index contributed by atoms with van der Waals surface area (Å²) in [5.41, 5.74) is 1.86. The number of benzene rings is 1. The highest BCUT2D eigenvalue weighted by molar-refractivity contribution is 5.34. The number of nitrogens with one attached hydrogen (secondary N) is 1. The van der Waals surface area contributed by atoms with Crippen LogP contribution in [0.4, 0.5) is 4.39 Å². The van der Waals surface area contributed by atoms with Gasteiger partial charge in [0.25, 0.3) is 0 Å². The van der Waals surface area contributed by atoms with Crippen LogP contribution in [0, 0.1) is 5.82 Å². The second kappa shape index (κ2) is 7.74. The van der Waals surface area contributed by atoms with Crippen LogP contribution in [0.1, 0.15) is 37.4 Å². The largest absolute Gasteiger partial charge is 0.492 e. The van der Waals surface area contributed by atoms with Crippen LogP contribution in [0.15, 0.2) is 42.7 Å².